The molecule has 0 bridgehead atoms. The second-order valence-electron chi connectivity index (χ2n) is 3.98. The molecule has 2 heteroatoms. The summed E-state index contributed by atoms with van der Waals surface area (Å²) in [5.41, 5.74) is 0.385. The van der Waals surface area contributed by atoms with Crippen LogP contribution in [0, 0.1) is 11.3 Å². The van der Waals surface area contributed by atoms with Crippen molar-refractivity contribution >= 4 is 5.78 Å². The van der Waals surface area contributed by atoms with Crippen molar-refractivity contribution in [2.45, 2.75) is 19.3 Å². The number of hydrogen-bond acceptors (Lipinski definition) is 2. The first-order valence-corrected chi connectivity index (χ1v) is 4.65. The molecule has 1 spiro atoms. The Morgan fingerprint density at radius 1 is 1.50 bits per heavy atom. The van der Waals surface area contributed by atoms with Crippen LogP contribution in [0.15, 0.2) is 12.7 Å². The van der Waals surface area contributed by atoms with Gasteiger partial charge in [-0.05, 0) is 43.8 Å². The average molecular weight is 165 g/mol. The topological polar surface area (TPSA) is 29.1 Å². The van der Waals surface area contributed by atoms with Crippen LogP contribution < -0.4 is 5.32 Å². The van der Waals surface area contributed by atoms with Gasteiger partial charge in [-0.25, -0.2) is 0 Å². The zero-order valence-corrected chi connectivity index (χ0v) is 7.31. The van der Waals surface area contributed by atoms with Gasteiger partial charge in [0.05, 0.1) is 0 Å². The number of nitrogens with one attached hydrogen (secondary N) is 1. The molecule has 0 aromatic rings. The van der Waals surface area contributed by atoms with Crippen LogP contribution in [0.3, 0.4) is 0 Å². The molecule has 0 amide bonds. The van der Waals surface area contributed by atoms with Gasteiger partial charge in [0.25, 0.3) is 0 Å². The molecule has 1 saturated carbocycles. The first-order chi connectivity index (χ1) is 5.78. The van der Waals surface area contributed by atoms with E-state index in [0.717, 1.165) is 19.5 Å². The Kier molecular flexibility index (Phi) is 1.80. The van der Waals surface area contributed by atoms with Crippen molar-refractivity contribution in [3.63, 3.8) is 0 Å². The third kappa shape index (κ3) is 1.11. The Morgan fingerprint density at radius 3 is 2.75 bits per heavy atom. The van der Waals surface area contributed by atoms with Crippen LogP contribution in [0.25, 0.3) is 0 Å². The van der Waals surface area contributed by atoms with Gasteiger partial charge >= 0.3 is 0 Å². The quantitative estimate of drug-likeness (QED) is 0.621. The Balaban J connectivity index is 1.99. The molecule has 1 saturated heterocycles. The van der Waals surface area contributed by atoms with Crippen molar-refractivity contribution in [1.82, 2.24) is 5.32 Å². The summed E-state index contributed by atoms with van der Waals surface area (Å²) in [5.74, 6) is 0.578. The molecule has 1 atom stereocenters. The summed E-state index contributed by atoms with van der Waals surface area (Å²) < 4.78 is 0. The highest BCUT2D eigenvalue weighted by atomic mass is 16.1. The molecular formula is C10H15NO. The molecule has 1 unspecified atom stereocenters. The number of hydrogen-bond donors (Lipinski definition) is 1. The van der Waals surface area contributed by atoms with E-state index in [0.29, 0.717) is 11.3 Å². The summed E-state index contributed by atoms with van der Waals surface area (Å²) >= 11 is 0. The normalized spacial score (nSPS) is 31.5. The monoisotopic (exact) mass is 165 g/mol. The van der Waals surface area contributed by atoms with Gasteiger partial charge < -0.3 is 5.32 Å². The first-order valence-electron chi connectivity index (χ1n) is 4.65. The van der Waals surface area contributed by atoms with Crippen LogP contribution in [-0.2, 0) is 4.79 Å². The van der Waals surface area contributed by atoms with Gasteiger partial charge in [0, 0.05) is 5.92 Å². The lowest BCUT2D eigenvalue weighted by Gasteiger charge is -2.22. The fourth-order valence-electron chi connectivity index (χ4n) is 2.37. The minimum Gasteiger partial charge on any atom is -0.317 e. The molecule has 1 aliphatic carbocycles. The number of allylic oxidation sites excluding steroid dienone is 1. The molecule has 2 fully saturated rings. The summed E-state index contributed by atoms with van der Waals surface area (Å²) in [6.45, 7) is 5.70. The first kappa shape index (κ1) is 7.99. The van der Waals surface area contributed by atoms with Crippen LogP contribution in [0.5, 0.6) is 0 Å². The highest BCUT2D eigenvalue weighted by molar-refractivity contribution is 5.94. The lowest BCUT2D eigenvalue weighted by Crippen LogP contribution is -2.30. The number of ketones is 1. The van der Waals surface area contributed by atoms with Gasteiger partial charge in [0.2, 0.25) is 0 Å². The van der Waals surface area contributed by atoms with Crippen LogP contribution in [0.4, 0.5) is 0 Å². The third-order valence-electron chi connectivity index (χ3n) is 3.33. The van der Waals surface area contributed by atoms with Crippen molar-refractivity contribution in [1.29, 1.82) is 0 Å². The molecule has 1 heterocycles. The van der Waals surface area contributed by atoms with Crippen molar-refractivity contribution in [3.05, 3.63) is 12.7 Å². The Labute approximate surface area is 73.0 Å². The van der Waals surface area contributed by atoms with E-state index >= 15 is 0 Å². The maximum Gasteiger partial charge on any atom is 0.158 e. The molecule has 0 aromatic heterocycles. The lowest BCUT2D eigenvalue weighted by molar-refractivity contribution is -0.116. The Hall–Kier alpha value is -0.630. The van der Waals surface area contributed by atoms with Crippen LogP contribution in [0.2, 0.25) is 0 Å². The summed E-state index contributed by atoms with van der Waals surface area (Å²) in [6, 6.07) is 0. The highest BCUT2D eigenvalue weighted by Crippen LogP contribution is 2.58. The maximum atomic E-state index is 11.3. The fourth-order valence-corrected chi connectivity index (χ4v) is 2.37. The van der Waals surface area contributed by atoms with Crippen LogP contribution in [-0.4, -0.2) is 18.9 Å². The Morgan fingerprint density at radius 2 is 2.17 bits per heavy atom. The second kappa shape index (κ2) is 2.70. The second-order valence-corrected chi connectivity index (χ2v) is 3.98. The summed E-state index contributed by atoms with van der Waals surface area (Å²) in [6.07, 6.45) is 4.95. The molecule has 2 aliphatic rings. The minimum absolute atomic E-state index is 0.261. The van der Waals surface area contributed by atoms with Gasteiger partial charge in [0.15, 0.2) is 5.78 Å². The zero-order valence-electron chi connectivity index (χ0n) is 7.31. The predicted octanol–water partition coefficient (Wildman–Crippen LogP) is 1.13. The predicted molar refractivity (Wildman–Crippen MR) is 47.8 cm³/mol. The average Bonchev–Trinajstić information content (AvgIpc) is 2.80. The third-order valence-corrected chi connectivity index (χ3v) is 3.33. The van der Waals surface area contributed by atoms with E-state index in [2.05, 4.69) is 11.9 Å². The molecule has 1 aliphatic heterocycles. The van der Waals surface area contributed by atoms with Crippen molar-refractivity contribution < 1.29 is 4.79 Å². The lowest BCUT2D eigenvalue weighted by atomic mass is 9.91. The number of carbonyl (C=O) groups is 1. The highest BCUT2D eigenvalue weighted by Gasteiger charge is 2.56. The maximum absolute atomic E-state index is 11.3. The molecule has 2 nitrogen and oxygen atoms in total. The number of carbonyl (C=O) groups excluding carboxylic acids is 1. The van der Waals surface area contributed by atoms with Crippen LogP contribution >= 0.6 is 0 Å². The largest absolute Gasteiger partial charge is 0.317 e. The molecule has 12 heavy (non-hydrogen) atoms. The molecule has 0 radical (unpaired) electrons. The van der Waals surface area contributed by atoms with E-state index in [1.165, 1.54) is 18.9 Å². The van der Waals surface area contributed by atoms with Crippen molar-refractivity contribution in [2.24, 2.45) is 11.3 Å². The van der Waals surface area contributed by atoms with E-state index in [9.17, 15) is 4.79 Å². The van der Waals surface area contributed by atoms with Gasteiger partial charge in [-0.15, -0.1) is 0 Å². The van der Waals surface area contributed by atoms with Crippen molar-refractivity contribution in [2.75, 3.05) is 13.1 Å². The Bertz CT molecular complexity index is 216. The van der Waals surface area contributed by atoms with E-state index in [1.54, 1.807) is 0 Å². The fraction of sp³-hybridized carbons (Fsp3) is 0.700. The molecular weight excluding hydrogens is 150 g/mol. The zero-order chi connectivity index (χ0) is 8.60. The van der Waals surface area contributed by atoms with E-state index < -0.39 is 0 Å². The van der Waals surface area contributed by atoms with Gasteiger partial charge in [-0.2, -0.15) is 0 Å². The number of rotatable bonds is 2. The van der Waals surface area contributed by atoms with Gasteiger partial charge in [-0.3, -0.25) is 4.79 Å². The van der Waals surface area contributed by atoms with E-state index in [-0.39, 0.29) is 5.78 Å². The van der Waals surface area contributed by atoms with E-state index in [1.807, 2.05) is 0 Å². The van der Waals surface area contributed by atoms with Gasteiger partial charge in [0.1, 0.15) is 0 Å². The molecule has 1 N–H and O–H groups in total. The van der Waals surface area contributed by atoms with Crippen molar-refractivity contribution in [3.8, 4) is 0 Å². The SMILES string of the molecule is C=CC(=O)C1CC12CCNCC2. The summed E-state index contributed by atoms with van der Waals surface area (Å²) in [4.78, 5) is 11.3. The van der Waals surface area contributed by atoms with Crippen LogP contribution in [0.1, 0.15) is 19.3 Å². The number of piperidine rings is 1. The summed E-state index contributed by atoms with van der Waals surface area (Å²) in [7, 11) is 0. The molecule has 2 rings (SSSR count). The minimum atomic E-state index is 0.261. The standard InChI is InChI=1S/C10H15NO/c1-2-9(12)8-7-10(8)3-5-11-6-4-10/h2,8,11H,1,3-7H2. The van der Waals surface area contributed by atoms with Gasteiger partial charge in [-0.1, -0.05) is 6.58 Å². The summed E-state index contributed by atoms with van der Waals surface area (Å²) in [5, 5.41) is 3.32. The molecule has 0 aromatic carbocycles. The molecule has 66 valence electrons. The smallest absolute Gasteiger partial charge is 0.158 e. The van der Waals surface area contributed by atoms with E-state index in [4.69, 9.17) is 0 Å².